The van der Waals surface area contributed by atoms with Gasteiger partial charge in [-0.2, -0.15) is 5.26 Å². The molecule has 1 fully saturated rings. The number of nitrogens with zero attached hydrogens (tertiary/aromatic N) is 1. The topological polar surface area (TPSA) is 33.0 Å². The Morgan fingerprint density at radius 3 is 2.67 bits per heavy atom. The third-order valence-corrected chi connectivity index (χ3v) is 3.22. The van der Waals surface area contributed by atoms with Crippen LogP contribution in [0.2, 0.25) is 10.0 Å². The molecule has 1 aliphatic rings. The molecule has 1 aromatic rings. The Bertz CT molecular complexity index is 414. The summed E-state index contributed by atoms with van der Waals surface area (Å²) in [5, 5.41) is 9.77. The van der Waals surface area contributed by atoms with Crippen LogP contribution in [0.5, 0.6) is 0 Å². The standard InChI is InChI=1S/C11H9Cl2NO/c12-9-3-1-7(5-10(9)13)11-4-2-8(6-14)15-11/h1,3,5,8,11H,2,4H2/t8-,11+/m1/s1. The second-order valence-electron chi connectivity index (χ2n) is 3.49. The molecule has 0 N–H and O–H groups in total. The summed E-state index contributed by atoms with van der Waals surface area (Å²) in [4.78, 5) is 0. The SMILES string of the molecule is N#C[C@H]1CC[C@@H](c2ccc(Cl)c(Cl)c2)O1. The van der Waals surface area contributed by atoms with Gasteiger partial charge in [0, 0.05) is 0 Å². The van der Waals surface area contributed by atoms with Gasteiger partial charge < -0.3 is 4.74 Å². The largest absolute Gasteiger partial charge is 0.355 e. The molecule has 15 heavy (non-hydrogen) atoms. The van der Waals surface area contributed by atoms with Crippen LogP contribution in [0.4, 0.5) is 0 Å². The third-order valence-electron chi connectivity index (χ3n) is 2.48. The molecule has 0 spiro atoms. The maximum atomic E-state index is 8.71. The van der Waals surface area contributed by atoms with Crippen LogP contribution >= 0.6 is 23.2 Å². The number of hydrogen-bond acceptors (Lipinski definition) is 2. The molecule has 0 radical (unpaired) electrons. The molecule has 1 aliphatic heterocycles. The minimum Gasteiger partial charge on any atom is -0.355 e. The molecule has 2 rings (SSSR count). The van der Waals surface area contributed by atoms with Crippen LogP contribution in [0.1, 0.15) is 24.5 Å². The first-order valence-electron chi connectivity index (χ1n) is 4.70. The van der Waals surface area contributed by atoms with E-state index in [9.17, 15) is 0 Å². The molecular formula is C11H9Cl2NO. The molecule has 0 aliphatic carbocycles. The zero-order valence-electron chi connectivity index (χ0n) is 7.91. The maximum absolute atomic E-state index is 8.71. The van der Waals surface area contributed by atoms with Crippen LogP contribution < -0.4 is 0 Å². The van der Waals surface area contributed by atoms with E-state index in [1.165, 1.54) is 0 Å². The highest BCUT2D eigenvalue weighted by atomic mass is 35.5. The highest BCUT2D eigenvalue weighted by Gasteiger charge is 2.26. The van der Waals surface area contributed by atoms with Gasteiger partial charge in [0.05, 0.1) is 22.2 Å². The lowest BCUT2D eigenvalue weighted by Crippen LogP contribution is -2.02. The number of halogens is 2. The van der Waals surface area contributed by atoms with Gasteiger partial charge in [0.1, 0.15) is 6.10 Å². The minimum atomic E-state index is -0.288. The van der Waals surface area contributed by atoms with E-state index >= 15 is 0 Å². The van der Waals surface area contributed by atoms with Crippen molar-refractivity contribution in [3.63, 3.8) is 0 Å². The average Bonchev–Trinajstić information content (AvgIpc) is 2.70. The fourth-order valence-electron chi connectivity index (χ4n) is 1.69. The third kappa shape index (κ3) is 2.26. The maximum Gasteiger partial charge on any atom is 0.144 e. The van der Waals surface area contributed by atoms with E-state index < -0.39 is 0 Å². The summed E-state index contributed by atoms with van der Waals surface area (Å²) in [5.74, 6) is 0. The fraction of sp³-hybridized carbons (Fsp3) is 0.364. The fourth-order valence-corrected chi connectivity index (χ4v) is 2.00. The Kier molecular flexibility index (Phi) is 3.16. The molecule has 2 atom stereocenters. The van der Waals surface area contributed by atoms with Gasteiger partial charge in [0.15, 0.2) is 0 Å². The predicted molar refractivity (Wildman–Crippen MR) is 58.9 cm³/mol. The molecular weight excluding hydrogens is 233 g/mol. The highest BCUT2D eigenvalue weighted by molar-refractivity contribution is 6.42. The Balaban J connectivity index is 2.18. The lowest BCUT2D eigenvalue weighted by atomic mass is 10.1. The summed E-state index contributed by atoms with van der Waals surface area (Å²) < 4.78 is 5.53. The van der Waals surface area contributed by atoms with Crippen molar-refractivity contribution in [2.24, 2.45) is 0 Å². The second kappa shape index (κ2) is 4.40. The molecule has 0 saturated carbocycles. The van der Waals surface area contributed by atoms with E-state index in [1.54, 1.807) is 12.1 Å². The molecule has 0 aromatic heterocycles. The van der Waals surface area contributed by atoms with Crippen LogP contribution in [0.25, 0.3) is 0 Å². The smallest absolute Gasteiger partial charge is 0.144 e. The number of nitriles is 1. The van der Waals surface area contributed by atoms with Crippen LogP contribution in [0.15, 0.2) is 18.2 Å². The summed E-state index contributed by atoms with van der Waals surface area (Å²) in [6.45, 7) is 0. The van der Waals surface area contributed by atoms with E-state index in [1.807, 2.05) is 6.07 Å². The van der Waals surface area contributed by atoms with Gasteiger partial charge in [-0.05, 0) is 30.5 Å². The zero-order chi connectivity index (χ0) is 10.8. The van der Waals surface area contributed by atoms with Gasteiger partial charge in [-0.1, -0.05) is 29.3 Å². The Labute approximate surface area is 98.4 Å². The minimum absolute atomic E-state index is 0.0237. The summed E-state index contributed by atoms with van der Waals surface area (Å²) >= 11 is 11.7. The first-order valence-corrected chi connectivity index (χ1v) is 5.46. The number of benzene rings is 1. The Hall–Kier alpha value is -0.750. The van der Waals surface area contributed by atoms with Crippen LogP contribution in [-0.2, 0) is 4.74 Å². The van der Waals surface area contributed by atoms with E-state index in [0.717, 1.165) is 18.4 Å². The van der Waals surface area contributed by atoms with Crippen molar-refractivity contribution >= 4 is 23.2 Å². The monoisotopic (exact) mass is 241 g/mol. The number of rotatable bonds is 1. The first kappa shape index (κ1) is 10.8. The summed E-state index contributed by atoms with van der Waals surface area (Å²) in [6, 6.07) is 7.55. The van der Waals surface area contributed by atoms with E-state index in [0.29, 0.717) is 10.0 Å². The van der Waals surface area contributed by atoms with Crippen molar-refractivity contribution in [1.82, 2.24) is 0 Å². The van der Waals surface area contributed by atoms with Gasteiger partial charge in [0.2, 0.25) is 0 Å². The molecule has 0 unspecified atom stereocenters. The van der Waals surface area contributed by atoms with Crippen molar-refractivity contribution < 1.29 is 4.74 Å². The van der Waals surface area contributed by atoms with Crippen molar-refractivity contribution in [2.45, 2.75) is 25.0 Å². The van der Waals surface area contributed by atoms with Crippen LogP contribution in [0, 0.1) is 11.3 Å². The summed E-state index contributed by atoms with van der Waals surface area (Å²) in [7, 11) is 0. The molecule has 1 heterocycles. The quantitative estimate of drug-likeness (QED) is 0.751. The summed E-state index contributed by atoms with van der Waals surface area (Å²) in [5.41, 5.74) is 0.988. The number of hydrogen-bond donors (Lipinski definition) is 0. The van der Waals surface area contributed by atoms with E-state index in [4.69, 9.17) is 33.2 Å². The van der Waals surface area contributed by atoms with Crippen molar-refractivity contribution in [1.29, 1.82) is 5.26 Å². The van der Waals surface area contributed by atoms with E-state index in [2.05, 4.69) is 6.07 Å². The van der Waals surface area contributed by atoms with Gasteiger partial charge in [-0.25, -0.2) is 0 Å². The van der Waals surface area contributed by atoms with Crippen molar-refractivity contribution in [3.05, 3.63) is 33.8 Å². The molecule has 78 valence electrons. The van der Waals surface area contributed by atoms with Gasteiger partial charge in [0.25, 0.3) is 0 Å². The van der Waals surface area contributed by atoms with Gasteiger partial charge >= 0.3 is 0 Å². The Morgan fingerprint density at radius 1 is 1.27 bits per heavy atom. The van der Waals surface area contributed by atoms with Crippen LogP contribution in [0.3, 0.4) is 0 Å². The summed E-state index contributed by atoms with van der Waals surface area (Å²) in [6.07, 6.45) is 1.33. The number of ether oxygens (including phenoxy) is 1. The lowest BCUT2D eigenvalue weighted by molar-refractivity contribution is 0.0750. The molecule has 1 saturated heterocycles. The predicted octanol–water partition coefficient (Wildman–Crippen LogP) is 3.74. The lowest BCUT2D eigenvalue weighted by Gasteiger charge is -2.11. The molecule has 4 heteroatoms. The van der Waals surface area contributed by atoms with Gasteiger partial charge in [-0.3, -0.25) is 0 Å². The average molecular weight is 242 g/mol. The zero-order valence-corrected chi connectivity index (χ0v) is 9.42. The molecule has 2 nitrogen and oxygen atoms in total. The second-order valence-corrected chi connectivity index (χ2v) is 4.31. The van der Waals surface area contributed by atoms with Crippen LogP contribution in [-0.4, -0.2) is 6.10 Å². The Morgan fingerprint density at radius 2 is 2.07 bits per heavy atom. The normalized spacial score (nSPS) is 25.1. The molecule has 0 amide bonds. The highest BCUT2D eigenvalue weighted by Crippen LogP contribution is 2.35. The molecule has 1 aromatic carbocycles. The van der Waals surface area contributed by atoms with Crippen molar-refractivity contribution in [2.75, 3.05) is 0 Å². The van der Waals surface area contributed by atoms with E-state index in [-0.39, 0.29) is 12.2 Å². The van der Waals surface area contributed by atoms with Crippen molar-refractivity contribution in [3.8, 4) is 6.07 Å². The molecule has 0 bridgehead atoms. The first-order chi connectivity index (χ1) is 7.20. The van der Waals surface area contributed by atoms with Gasteiger partial charge in [-0.15, -0.1) is 0 Å².